The van der Waals surface area contributed by atoms with E-state index in [0.29, 0.717) is 6.04 Å². The fraction of sp³-hybridized carbons (Fsp3) is 0.400. The highest BCUT2D eigenvalue weighted by Crippen LogP contribution is 2.35. The second-order valence-electron chi connectivity index (χ2n) is 5.04. The first-order chi connectivity index (χ1) is 9.16. The topological polar surface area (TPSA) is 36.4 Å². The Labute approximate surface area is 117 Å². The molecule has 3 rings (SSSR count). The Bertz CT molecular complexity index is 562. The Morgan fingerprint density at radius 3 is 2.95 bits per heavy atom. The number of hydrogen-bond donors (Lipinski definition) is 1. The van der Waals surface area contributed by atoms with Crippen molar-refractivity contribution in [2.45, 2.75) is 32.4 Å². The number of pyridine rings is 1. The third-order valence-electron chi connectivity index (χ3n) is 3.82. The van der Waals surface area contributed by atoms with Gasteiger partial charge in [0.15, 0.2) is 0 Å². The van der Waals surface area contributed by atoms with E-state index in [1.54, 1.807) is 13.1 Å². The maximum Gasteiger partial charge on any atom is 0.129 e. The minimum absolute atomic E-state index is 0.375. The van der Waals surface area contributed by atoms with Crippen molar-refractivity contribution in [1.29, 1.82) is 0 Å². The van der Waals surface area contributed by atoms with Crippen LogP contribution in [0.5, 0.6) is 0 Å². The summed E-state index contributed by atoms with van der Waals surface area (Å²) in [6, 6.07) is 6.57. The van der Waals surface area contributed by atoms with Gasteiger partial charge in [0.2, 0.25) is 0 Å². The van der Waals surface area contributed by atoms with Crippen LogP contribution in [0.3, 0.4) is 0 Å². The van der Waals surface area contributed by atoms with Crippen LogP contribution in [0.25, 0.3) is 0 Å². The van der Waals surface area contributed by atoms with Gasteiger partial charge >= 0.3 is 0 Å². The zero-order chi connectivity index (χ0) is 13.4. The van der Waals surface area contributed by atoms with Crippen molar-refractivity contribution in [2.24, 2.45) is 0 Å². The normalized spacial score (nSPS) is 20.2. The highest BCUT2D eigenvalue weighted by molar-refractivity contribution is 7.10. The number of anilines is 1. The van der Waals surface area contributed by atoms with Gasteiger partial charge in [-0.1, -0.05) is 6.07 Å². The summed E-state index contributed by atoms with van der Waals surface area (Å²) in [5, 5.41) is 11.7. The lowest BCUT2D eigenvalue weighted by molar-refractivity contribution is 0.199. The molecular formula is C15H18N2OS. The minimum atomic E-state index is -0.455. The monoisotopic (exact) mass is 274 g/mol. The molecule has 0 saturated heterocycles. The maximum atomic E-state index is 9.53. The van der Waals surface area contributed by atoms with Crippen LogP contribution in [0.1, 0.15) is 42.0 Å². The molecule has 3 heterocycles. The molecule has 0 bridgehead atoms. The highest BCUT2D eigenvalue weighted by Gasteiger charge is 2.25. The van der Waals surface area contributed by atoms with E-state index in [4.69, 9.17) is 0 Å². The first kappa shape index (κ1) is 12.6. The summed E-state index contributed by atoms with van der Waals surface area (Å²) in [5.41, 5.74) is 2.29. The number of aromatic nitrogens is 1. The molecule has 0 spiro atoms. The van der Waals surface area contributed by atoms with Crippen molar-refractivity contribution in [2.75, 3.05) is 11.4 Å². The first-order valence-electron chi connectivity index (χ1n) is 6.63. The molecule has 1 aliphatic heterocycles. The molecule has 4 heteroatoms. The molecule has 1 aliphatic rings. The molecule has 1 N–H and O–H groups in total. The Balaban J connectivity index is 1.87. The average Bonchev–Trinajstić information content (AvgIpc) is 2.88. The van der Waals surface area contributed by atoms with Crippen LogP contribution in [-0.4, -0.2) is 16.6 Å². The van der Waals surface area contributed by atoms with Crippen LogP contribution in [0, 0.1) is 0 Å². The van der Waals surface area contributed by atoms with Gasteiger partial charge in [0.05, 0.1) is 12.1 Å². The molecule has 100 valence electrons. The molecule has 0 radical (unpaired) electrons. The van der Waals surface area contributed by atoms with Crippen molar-refractivity contribution in [1.82, 2.24) is 4.98 Å². The van der Waals surface area contributed by atoms with Gasteiger partial charge in [-0.3, -0.25) is 0 Å². The van der Waals surface area contributed by atoms with E-state index in [1.165, 1.54) is 10.4 Å². The number of aliphatic hydroxyl groups excluding tert-OH is 1. The molecule has 0 fully saturated rings. The number of thiophene rings is 1. The van der Waals surface area contributed by atoms with Crippen LogP contribution in [0.2, 0.25) is 0 Å². The van der Waals surface area contributed by atoms with Gasteiger partial charge in [0.25, 0.3) is 0 Å². The molecule has 2 aromatic heterocycles. The third kappa shape index (κ3) is 2.26. The van der Waals surface area contributed by atoms with Gasteiger partial charge in [-0.25, -0.2) is 4.98 Å². The van der Waals surface area contributed by atoms with Crippen LogP contribution in [0.4, 0.5) is 5.82 Å². The first-order valence-corrected chi connectivity index (χ1v) is 7.51. The molecule has 2 aromatic rings. The van der Waals surface area contributed by atoms with Gasteiger partial charge in [-0.2, -0.15) is 0 Å². The molecule has 0 saturated carbocycles. The van der Waals surface area contributed by atoms with Crippen LogP contribution in [-0.2, 0) is 6.42 Å². The lowest BCUT2D eigenvalue weighted by atomic mass is 10.0. The van der Waals surface area contributed by atoms with Gasteiger partial charge in [-0.05, 0) is 48.9 Å². The van der Waals surface area contributed by atoms with Crippen LogP contribution < -0.4 is 4.90 Å². The molecule has 3 nitrogen and oxygen atoms in total. The summed E-state index contributed by atoms with van der Waals surface area (Å²) < 4.78 is 0. The summed E-state index contributed by atoms with van der Waals surface area (Å²) in [4.78, 5) is 8.34. The largest absolute Gasteiger partial charge is 0.389 e. The summed E-state index contributed by atoms with van der Waals surface area (Å²) in [7, 11) is 0. The zero-order valence-electron chi connectivity index (χ0n) is 11.2. The van der Waals surface area contributed by atoms with Crippen molar-refractivity contribution < 1.29 is 5.11 Å². The van der Waals surface area contributed by atoms with Crippen LogP contribution >= 0.6 is 11.3 Å². The molecule has 2 atom stereocenters. The fourth-order valence-electron chi connectivity index (χ4n) is 2.64. The predicted molar refractivity (Wildman–Crippen MR) is 78.7 cm³/mol. The van der Waals surface area contributed by atoms with E-state index < -0.39 is 6.10 Å². The minimum Gasteiger partial charge on any atom is -0.389 e. The van der Waals surface area contributed by atoms with Crippen molar-refractivity contribution in [3.05, 3.63) is 45.8 Å². The Hall–Kier alpha value is -1.39. The quantitative estimate of drug-likeness (QED) is 0.912. The smallest absolute Gasteiger partial charge is 0.129 e. The van der Waals surface area contributed by atoms with Gasteiger partial charge in [0.1, 0.15) is 5.82 Å². The number of hydrogen-bond acceptors (Lipinski definition) is 4. The lowest BCUT2D eigenvalue weighted by Gasteiger charge is -2.34. The number of aliphatic hydroxyl groups is 1. The third-order valence-corrected chi connectivity index (χ3v) is 4.82. The molecular weight excluding hydrogens is 256 g/mol. The summed E-state index contributed by atoms with van der Waals surface area (Å²) in [6.45, 7) is 5.00. The second-order valence-corrected chi connectivity index (χ2v) is 6.04. The second kappa shape index (κ2) is 4.94. The van der Waals surface area contributed by atoms with Crippen molar-refractivity contribution >= 4 is 17.2 Å². The van der Waals surface area contributed by atoms with E-state index in [-0.39, 0.29) is 0 Å². The fourth-order valence-corrected chi connectivity index (χ4v) is 3.60. The molecule has 0 aromatic carbocycles. The van der Waals surface area contributed by atoms with Gasteiger partial charge in [0, 0.05) is 17.6 Å². The van der Waals surface area contributed by atoms with Gasteiger partial charge in [-0.15, -0.1) is 11.3 Å². The maximum absolute atomic E-state index is 9.53. The summed E-state index contributed by atoms with van der Waals surface area (Å²) >= 11 is 1.85. The van der Waals surface area contributed by atoms with Crippen molar-refractivity contribution in [3.8, 4) is 0 Å². The highest BCUT2D eigenvalue weighted by atomic mass is 32.1. The molecule has 19 heavy (non-hydrogen) atoms. The number of fused-ring (bicyclic) bond motifs is 1. The standard InChI is InChI=1S/C15H18N2OS/c1-10-13-6-8-19-14(13)5-7-17(10)15-4-3-12(9-16-15)11(2)18/h3-4,6,8-11,18H,5,7H2,1-2H3/t10?,11-/m0/s1. The van der Waals surface area contributed by atoms with Crippen LogP contribution in [0.15, 0.2) is 29.8 Å². The number of rotatable bonds is 2. The molecule has 0 aliphatic carbocycles. The van der Waals surface area contributed by atoms with E-state index in [1.807, 2.05) is 23.5 Å². The SMILES string of the molecule is CC1c2ccsc2CCN1c1ccc([C@H](C)O)cn1. The molecule has 0 amide bonds. The number of nitrogens with zero attached hydrogens (tertiary/aromatic N) is 2. The van der Waals surface area contributed by atoms with E-state index in [2.05, 4.69) is 28.3 Å². The van der Waals surface area contributed by atoms with Gasteiger partial charge < -0.3 is 10.0 Å². The summed E-state index contributed by atoms with van der Waals surface area (Å²) in [5.74, 6) is 0.994. The lowest BCUT2D eigenvalue weighted by Crippen LogP contribution is -2.33. The zero-order valence-corrected chi connectivity index (χ0v) is 12.0. The Kier molecular flexibility index (Phi) is 3.29. The summed E-state index contributed by atoms with van der Waals surface area (Å²) in [6.07, 6.45) is 2.41. The van der Waals surface area contributed by atoms with E-state index in [0.717, 1.165) is 24.3 Å². The van der Waals surface area contributed by atoms with Crippen molar-refractivity contribution in [3.63, 3.8) is 0 Å². The Morgan fingerprint density at radius 1 is 1.42 bits per heavy atom. The van der Waals surface area contributed by atoms with E-state index in [9.17, 15) is 5.11 Å². The average molecular weight is 274 g/mol. The Morgan fingerprint density at radius 2 is 2.26 bits per heavy atom. The van der Waals surface area contributed by atoms with E-state index >= 15 is 0 Å². The molecule has 1 unspecified atom stereocenters. The predicted octanol–water partition coefficient (Wildman–Crippen LogP) is 3.32.